The number of oxazole rings is 1. The van der Waals surface area contributed by atoms with E-state index in [0.717, 1.165) is 49.9 Å². The predicted octanol–water partition coefficient (Wildman–Crippen LogP) is 13.2. The van der Waals surface area contributed by atoms with Crippen molar-refractivity contribution in [2.24, 2.45) is 0 Å². The molecule has 3 heteroatoms. The summed E-state index contributed by atoms with van der Waals surface area (Å²) in [5, 5.41) is 4.48. The van der Waals surface area contributed by atoms with Crippen molar-refractivity contribution in [1.29, 1.82) is 0 Å². The lowest BCUT2D eigenvalue weighted by atomic mass is 9.82. The lowest BCUT2D eigenvalue weighted by Crippen LogP contribution is -2.16. The molecule has 242 valence electrons. The highest BCUT2D eigenvalue weighted by Gasteiger charge is 2.35. The highest BCUT2D eigenvalue weighted by atomic mass is 16.3. The number of aromatic nitrogens is 1. The van der Waals surface area contributed by atoms with Gasteiger partial charge in [0.2, 0.25) is 5.89 Å². The van der Waals surface area contributed by atoms with Crippen molar-refractivity contribution in [3.05, 3.63) is 181 Å². The Labute approximate surface area is 297 Å². The molecular formula is C48H34N2O. The van der Waals surface area contributed by atoms with Crippen molar-refractivity contribution in [1.82, 2.24) is 4.98 Å². The van der Waals surface area contributed by atoms with Crippen LogP contribution in [0.2, 0.25) is 0 Å². The maximum absolute atomic E-state index is 6.67. The van der Waals surface area contributed by atoms with Crippen molar-refractivity contribution in [2.75, 3.05) is 4.90 Å². The van der Waals surface area contributed by atoms with Gasteiger partial charge < -0.3 is 9.32 Å². The Hall–Kier alpha value is -6.45. The Balaban J connectivity index is 1.24. The molecule has 0 fully saturated rings. The Morgan fingerprint density at radius 3 is 1.92 bits per heavy atom. The zero-order valence-corrected chi connectivity index (χ0v) is 28.5. The molecule has 0 saturated heterocycles. The molecule has 0 saturated carbocycles. The minimum atomic E-state index is -0.108. The Morgan fingerprint density at radius 2 is 1.14 bits per heavy atom. The molecule has 3 nitrogen and oxygen atoms in total. The molecule has 0 amide bonds. The predicted molar refractivity (Wildman–Crippen MR) is 212 cm³/mol. The smallest absolute Gasteiger partial charge is 0.227 e. The molecule has 51 heavy (non-hydrogen) atoms. The number of para-hydroxylation sites is 1. The van der Waals surface area contributed by atoms with Gasteiger partial charge in [0, 0.05) is 33.4 Å². The first-order chi connectivity index (χ1) is 25.0. The van der Waals surface area contributed by atoms with E-state index in [9.17, 15) is 0 Å². The van der Waals surface area contributed by atoms with Crippen molar-refractivity contribution in [3.63, 3.8) is 0 Å². The van der Waals surface area contributed by atoms with E-state index in [1.54, 1.807) is 0 Å². The van der Waals surface area contributed by atoms with Gasteiger partial charge in [0.05, 0.1) is 0 Å². The molecule has 1 aliphatic rings. The Bertz CT molecular complexity index is 2760. The van der Waals surface area contributed by atoms with Crippen LogP contribution >= 0.6 is 0 Å². The maximum atomic E-state index is 6.67. The summed E-state index contributed by atoms with van der Waals surface area (Å²) in [6.07, 6.45) is 0. The minimum absolute atomic E-state index is 0.108. The van der Waals surface area contributed by atoms with E-state index in [1.807, 2.05) is 30.3 Å². The third kappa shape index (κ3) is 4.62. The van der Waals surface area contributed by atoms with E-state index in [-0.39, 0.29) is 5.41 Å². The molecule has 1 heterocycles. The molecular weight excluding hydrogens is 621 g/mol. The molecule has 0 atom stereocenters. The summed E-state index contributed by atoms with van der Waals surface area (Å²) in [7, 11) is 0. The fourth-order valence-corrected chi connectivity index (χ4v) is 8.17. The summed E-state index contributed by atoms with van der Waals surface area (Å²) >= 11 is 0. The standard InChI is InChI=1S/C48H34N2O/c1-48(2)42-21-13-12-20-38(42)39-26-24-36(30-43(39)48)50(34-18-10-5-11-19-34)35-23-25-37-40(31-14-6-3-7-15-31)28-33-22-27-44-46(45(33)41(37)29-35)51-47(49-44)32-16-8-4-9-17-32/h3-30H,1-2H3. The SMILES string of the molecule is CC1(C)c2ccccc2-c2ccc(N(c3ccccc3)c3ccc4c(-c5ccccc5)cc5ccc6nc(-c7ccccc7)oc6c5c4c3)cc21. The van der Waals surface area contributed by atoms with Crippen LogP contribution in [0.15, 0.2) is 174 Å². The van der Waals surface area contributed by atoms with Gasteiger partial charge in [-0.05, 0) is 110 Å². The van der Waals surface area contributed by atoms with Gasteiger partial charge >= 0.3 is 0 Å². The van der Waals surface area contributed by atoms with E-state index < -0.39 is 0 Å². The molecule has 0 bridgehead atoms. The number of fused-ring (bicyclic) bond motifs is 8. The molecule has 0 N–H and O–H groups in total. The average molecular weight is 655 g/mol. The molecule has 9 aromatic rings. The molecule has 0 spiro atoms. The maximum Gasteiger partial charge on any atom is 0.227 e. The highest BCUT2D eigenvalue weighted by Crippen LogP contribution is 2.51. The molecule has 0 aliphatic heterocycles. The number of anilines is 3. The van der Waals surface area contributed by atoms with E-state index in [2.05, 4.69) is 158 Å². The largest absolute Gasteiger partial charge is 0.435 e. The summed E-state index contributed by atoms with van der Waals surface area (Å²) in [5.74, 6) is 0.627. The van der Waals surface area contributed by atoms with E-state index in [1.165, 1.54) is 38.8 Å². The number of benzene rings is 8. The van der Waals surface area contributed by atoms with Gasteiger partial charge in [-0.25, -0.2) is 4.98 Å². The summed E-state index contributed by atoms with van der Waals surface area (Å²) < 4.78 is 6.67. The zero-order valence-electron chi connectivity index (χ0n) is 28.5. The van der Waals surface area contributed by atoms with E-state index in [0.29, 0.717) is 5.89 Å². The number of rotatable bonds is 5. The summed E-state index contributed by atoms with van der Waals surface area (Å²) in [5.41, 5.74) is 13.5. The molecule has 1 aromatic heterocycles. The van der Waals surface area contributed by atoms with Gasteiger partial charge in [-0.2, -0.15) is 0 Å². The van der Waals surface area contributed by atoms with Crippen LogP contribution in [0.3, 0.4) is 0 Å². The summed E-state index contributed by atoms with van der Waals surface area (Å²) in [4.78, 5) is 7.34. The van der Waals surface area contributed by atoms with Crippen LogP contribution in [0.5, 0.6) is 0 Å². The third-order valence-electron chi connectivity index (χ3n) is 10.7. The molecule has 8 aromatic carbocycles. The quantitative estimate of drug-likeness (QED) is 0.173. The van der Waals surface area contributed by atoms with Crippen molar-refractivity contribution >= 4 is 49.7 Å². The molecule has 0 unspecified atom stereocenters. The van der Waals surface area contributed by atoms with Crippen molar-refractivity contribution < 1.29 is 4.42 Å². The molecule has 1 aliphatic carbocycles. The highest BCUT2D eigenvalue weighted by molar-refractivity contribution is 6.22. The van der Waals surface area contributed by atoms with Gasteiger partial charge in [-0.3, -0.25) is 0 Å². The van der Waals surface area contributed by atoms with Crippen LogP contribution < -0.4 is 4.90 Å². The first-order valence-corrected chi connectivity index (χ1v) is 17.5. The van der Waals surface area contributed by atoms with Gasteiger partial charge in [-0.15, -0.1) is 0 Å². The van der Waals surface area contributed by atoms with Gasteiger partial charge in [0.25, 0.3) is 0 Å². The lowest BCUT2D eigenvalue weighted by molar-refractivity contribution is 0.623. The summed E-state index contributed by atoms with van der Waals surface area (Å²) in [6.45, 7) is 4.68. The Morgan fingerprint density at radius 1 is 0.490 bits per heavy atom. The molecule has 0 radical (unpaired) electrons. The van der Waals surface area contributed by atoms with Crippen LogP contribution in [-0.4, -0.2) is 4.98 Å². The normalized spacial score (nSPS) is 13.1. The van der Waals surface area contributed by atoms with Crippen molar-refractivity contribution in [2.45, 2.75) is 19.3 Å². The second-order valence-corrected chi connectivity index (χ2v) is 14.0. The first kappa shape index (κ1) is 29.5. The lowest BCUT2D eigenvalue weighted by Gasteiger charge is -2.28. The van der Waals surface area contributed by atoms with Crippen molar-refractivity contribution in [3.8, 4) is 33.7 Å². The first-order valence-electron chi connectivity index (χ1n) is 17.5. The number of hydrogen-bond acceptors (Lipinski definition) is 3. The second kappa shape index (κ2) is 11.3. The minimum Gasteiger partial charge on any atom is -0.435 e. The van der Waals surface area contributed by atoms with E-state index in [4.69, 9.17) is 9.40 Å². The number of hydrogen-bond donors (Lipinski definition) is 0. The molecule has 10 rings (SSSR count). The fourth-order valence-electron chi connectivity index (χ4n) is 8.17. The van der Waals surface area contributed by atoms with Crippen LogP contribution in [0, 0.1) is 0 Å². The second-order valence-electron chi connectivity index (χ2n) is 14.0. The van der Waals surface area contributed by atoms with Crippen LogP contribution in [0.4, 0.5) is 17.1 Å². The van der Waals surface area contributed by atoms with Gasteiger partial charge in [-0.1, -0.05) is 123 Å². The van der Waals surface area contributed by atoms with Gasteiger partial charge in [0.15, 0.2) is 5.58 Å². The van der Waals surface area contributed by atoms with Gasteiger partial charge in [0.1, 0.15) is 5.52 Å². The average Bonchev–Trinajstić information content (AvgIpc) is 3.72. The zero-order chi connectivity index (χ0) is 34.1. The number of nitrogens with zero attached hydrogens (tertiary/aromatic N) is 2. The third-order valence-corrected chi connectivity index (χ3v) is 10.7. The van der Waals surface area contributed by atoms with Crippen LogP contribution in [-0.2, 0) is 5.41 Å². The Kier molecular flexibility index (Phi) is 6.53. The fraction of sp³-hybridized carbons (Fsp3) is 0.0625. The topological polar surface area (TPSA) is 29.3 Å². The van der Waals surface area contributed by atoms with Crippen LogP contribution in [0.25, 0.3) is 66.4 Å². The monoisotopic (exact) mass is 654 g/mol. The van der Waals surface area contributed by atoms with E-state index >= 15 is 0 Å². The summed E-state index contributed by atoms with van der Waals surface area (Å²) in [6, 6.07) is 60.7. The van der Waals surface area contributed by atoms with Crippen LogP contribution in [0.1, 0.15) is 25.0 Å².